The Morgan fingerprint density at radius 3 is 1.90 bits per heavy atom. The zero-order valence-corrected chi connectivity index (χ0v) is 26.4. The summed E-state index contributed by atoms with van der Waals surface area (Å²) in [7, 11) is 0. The van der Waals surface area contributed by atoms with Crippen molar-refractivity contribution in [3.63, 3.8) is 0 Å². The summed E-state index contributed by atoms with van der Waals surface area (Å²) in [5.41, 5.74) is 12.7. The Morgan fingerprint density at radius 2 is 1.04 bits per heavy atom. The van der Waals surface area contributed by atoms with Crippen LogP contribution in [-0.4, -0.2) is 14.5 Å². The Kier molecular flexibility index (Phi) is 5.38. The molecule has 226 valence electrons. The fourth-order valence-corrected chi connectivity index (χ4v) is 8.27. The van der Waals surface area contributed by atoms with Gasteiger partial charge >= 0.3 is 0 Å². The highest BCUT2D eigenvalue weighted by Gasteiger charge is 2.26. The first-order valence-corrected chi connectivity index (χ1v) is 16.8. The number of aromatic nitrogens is 3. The maximum absolute atomic E-state index is 5.42. The van der Waals surface area contributed by atoms with E-state index in [2.05, 4.69) is 168 Å². The number of fused-ring (bicyclic) bond motifs is 12. The van der Waals surface area contributed by atoms with Crippen molar-refractivity contribution >= 4 is 54.3 Å². The van der Waals surface area contributed by atoms with E-state index in [0.717, 1.165) is 44.0 Å². The molecule has 0 saturated carbocycles. The molecule has 8 aromatic carbocycles. The fraction of sp³-hybridized carbons (Fsp3) is 0. The number of hydrogen-bond donors (Lipinski definition) is 0. The van der Waals surface area contributed by atoms with Crippen LogP contribution in [0.4, 0.5) is 0 Å². The molecule has 3 heteroatoms. The van der Waals surface area contributed by atoms with Crippen molar-refractivity contribution < 1.29 is 0 Å². The molecule has 1 aliphatic rings. The van der Waals surface area contributed by atoms with Gasteiger partial charge in [-0.1, -0.05) is 146 Å². The van der Waals surface area contributed by atoms with E-state index in [1.165, 1.54) is 54.9 Å². The van der Waals surface area contributed by atoms with Crippen molar-refractivity contribution in [1.82, 2.24) is 14.5 Å². The van der Waals surface area contributed by atoms with Crippen LogP contribution in [0.3, 0.4) is 0 Å². The largest absolute Gasteiger partial charge is 0.278 e. The Morgan fingerprint density at radius 1 is 0.367 bits per heavy atom. The maximum Gasteiger partial charge on any atom is 0.235 e. The minimum absolute atomic E-state index is 0.668. The van der Waals surface area contributed by atoms with Gasteiger partial charge in [-0.2, -0.15) is 0 Å². The van der Waals surface area contributed by atoms with E-state index in [1.807, 2.05) is 0 Å². The van der Waals surface area contributed by atoms with Crippen LogP contribution >= 0.6 is 0 Å². The predicted octanol–water partition coefficient (Wildman–Crippen LogP) is 12.0. The molecular weight excluding hydrogens is 595 g/mol. The number of nitrogens with zero attached hydrogens (tertiary/aromatic N) is 3. The van der Waals surface area contributed by atoms with Crippen molar-refractivity contribution in [2.75, 3.05) is 0 Å². The van der Waals surface area contributed by atoms with Crippen LogP contribution < -0.4 is 0 Å². The average molecular weight is 622 g/mol. The van der Waals surface area contributed by atoms with Crippen LogP contribution in [0.25, 0.3) is 105 Å². The molecule has 0 fully saturated rings. The molecule has 0 N–H and O–H groups in total. The Hall–Kier alpha value is -6.58. The van der Waals surface area contributed by atoms with Gasteiger partial charge in [0.1, 0.15) is 0 Å². The number of rotatable bonds is 2. The SMILES string of the molecule is c1ccc(-c2nc(-n3c4ccccc4c4c5c(ccc43)-c3cccc4cccc(c34)-c3ccccc3-5)nc3c2ccc2ccccc23)cc1. The molecule has 0 saturated heterocycles. The van der Waals surface area contributed by atoms with E-state index >= 15 is 0 Å². The summed E-state index contributed by atoms with van der Waals surface area (Å²) in [5.74, 6) is 0.668. The minimum atomic E-state index is 0.668. The first-order valence-electron chi connectivity index (χ1n) is 16.8. The molecule has 0 atom stereocenters. The molecule has 2 heterocycles. The number of benzene rings is 8. The highest BCUT2D eigenvalue weighted by Crippen LogP contribution is 2.51. The summed E-state index contributed by atoms with van der Waals surface area (Å²) in [5, 5.41) is 8.29. The van der Waals surface area contributed by atoms with Crippen LogP contribution in [0.15, 0.2) is 164 Å². The van der Waals surface area contributed by atoms with Gasteiger partial charge in [0.25, 0.3) is 0 Å². The van der Waals surface area contributed by atoms with Gasteiger partial charge in [0.15, 0.2) is 0 Å². The summed E-state index contributed by atoms with van der Waals surface area (Å²) >= 11 is 0. The van der Waals surface area contributed by atoms with Crippen LogP contribution in [-0.2, 0) is 0 Å². The average Bonchev–Trinajstić information content (AvgIpc) is 3.45. The molecule has 0 bridgehead atoms. The normalized spacial score (nSPS) is 12.1. The van der Waals surface area contributed by atoms with Gasteiger partial charge < -0.3 is 0 Å². The molecule has 0 amide bonds. The first kappa shape index (κ1) is 26.5. The second-order valence-corrected chi connectivity index (χ2v) is 12.9. The van der Waals surface area contributed by atoms with E-state index in [9.17, 15) is 0 Å². The topological polar surface area (TPSA) is 30.7 Å². The van der Waals surface area contributed by atoms with Crippen molar-refractivity contribution in [3.8, 4) is 50.6 Å². The van der Waals surface area contributed by atoms with Crippen molar-refractivity contribution in [2.45, 2.75) is 0 Å². The monoisotopic (exact) mass is 621 g/mol. The van der Waals surface area contributed by atoms with Crippen LogP contribution in [0.5, 0.6) is 0 Å². The van der Waals surface area contributed by atoms with Gasteiger partial charge in [0.2, 0.25) is 5.95 Å². The maximum atomic E-state index is 5.42. The van der Waals surface area contributed by atoms with Gasteiger partial charge in [-0.3, -0.25) is 4.57 Å². The summed E-state index contributed by atoms with van der Waals surface area (Å²) in [6.07, 6.45) is 0. The van der Waals surface area contributed by atoms with Gasteiger partial charge in [-0.15, -0.1) is 0 Å². The molecule has 0 spiro atoms. The fourth-order valence-electron chi connectivity index (χ4n) is 8.27. The Balaban J connectivity index is 1.31. The van der Waals surface area contributed by atoms with E-state index in [1.54, 1.807) is 0 Å². The molecule has 1 aliphatic carbocycles. The molecule has 2 aromatic heterocycles. The molecule has 10 aromatic rings. The first-order chi connectivity index (χ1) is 24.3. The third-order valence-electron chi connectivity index (χ3n) is 10.3. The summed E-state index contributed by atoms with van der Waals surface area (Å²) in [6, 6.07) is 58.9. The van der Waals surface area contributed by atoms with E-state index in [0.29, 0.717) is 5.95 Å². The van der Waals surface area contributed by atoms with Gasteiger partial charge in [-0.25, -0.2) is 9.97 Å². The summed E-state index contributed by atoms with van der Waals surface area (Å²) < 4.78 is 2.28. The van der Waals surface area contributed by atoms with Gasteiger partial charge in [0.05, 0.1) is 22.2 Å². The third-order valence-corrected chi connectivity index (χ3v) is 10.3. The number of hydrogen-bond acceptors (Lipinski definition) is 2. The second kappa shape index (κ2) is 9.96. The zero-order chi connectivity index (χ0) is 32.1. The lowest BCUT2D eigenvalue weighted by Gasteiger charge is -2.15. The molecule has 0 unspecified atom stereocenters. The van der Waals surface area contributed by atoms with Crippen LogP contribution in [0.2, 0.25) is 0 Å². The van der Waals surface area contributed by atoms with Gasteiger partial charge in [-0.05, 0) is 62.2 Å². The molecular formula is C46H27N3. The highest BCUT2D eigenvalue weighted by atomic mass is 15.2. The summed E-state index contributed by atoms with van der Waals surface area (Å²) in [4.78, 5) is 10.8. The van der Waals surface area contributed by atoms with Crippen molar-refractivity contribution in [1.29, 1.82) is 0 Å². The molecule has 0 aliphatic heterocycles. The van der Waals surface area contributed by atoms with Crippen molar-refractivity contribution in [3.05, 3.63) is 164 Å². The minimum Gasteiger partial charge on any atom is -0.278 e. The molecule has 11 rings (SSSR count). The standard InChI is InChI=1S/C46H27N3/c1-2-13-30(14-3-1)44-38-25-24-28-12-4-5-17-31(28)45(38)48-46(47-44)49-39-23-9-8-20-37(39)43-40(49)27-26-36-35-22-11-16-29-15-10-21-33(41(29)35)32-18-6-7-19-34(32)42(36)43/h1-27H. The quantitative estimate of drug-likeness (QED) is 0.180. The highest BCUT2D eigenvalue weighted by molar-refractivity contribution is 6.23. The Bertz CT molecular complexity index is 2980. The molecule has 49 heavy (non-hydrogen) atoms. The van der Waals surface area contributed by atoms with Crippen molar-refractivity contribution in [2.24, 2.45) is 0 Å². The lowest BCUT2D eigenvalue weighted by Crippen LogP contribution is -2.04. The zero-order valence-electron chi connectivity index (χ0n) is 26.4. The second-order valence-electron chi connectivity index (χ2n) is 12.9. The van der Waals surface area contributed by atoms with Crippen LogP contribution in [0, 0.1) is 0 Å². The lowest BCUT2D eigenvalue weighted by molar-refractivity contribution is 1.02. The number of para-hydroxylation sites is 1. The Labute approximate surface area is 282 Å². The third kappa shape index (κ3) is 3.67. The lowest BCUT2D eigenvalue weighted by atomic mass is 9.90. The van der Waals surface area contributed by atoms with Gasteiger partial charge in [0, 0.05) is 32.7 Å². The van der Waals surface area contributed by atoms with E-state index < -0.39 is 0 Å². The predicted molar refractivity (Wildman–Crippen MR) is 204 cm³/mol. The van der Waals surface area contributed by atoms with E-state index in [-0.39, 0.29) is 0 Å². The molecule has 3 nitrogen and oxygen atoms in total. The molecule has 0 radical (unpaired) electrons. The summed E-state index contributed by atoms with van der Waals surface area (Å²) in [6.45, 7) is 0. The van der Waals surface area contributed by atoms with E-state index in [4.69, 9.17) is 9.97 Å². The van der Waals surface area contributed by atoms with Crippen LogP contribution in [0.1, 0.15) is 0 Å². The smallest absolute Gasteiger partial charge is 0.235 e.